The van der Waals surface area contributed by atoms with E-state index in [0.717, 1.165) is 11.3 Å². The summed E-state index contributed by atoms with van der Waals surface area (Å²) in [6.07, 6.45) is 1.61. The average Bonchev–Trinajstić information content (AvgIpc) is 2.31. The highest BCUT2D eigenvalue weighted by atomic mass is 16.3. The number of benzene rings is 1. The lowest BCUT2D eigenvalue weighted by molar-refractivity contribution is 0.177. The van der Waals surface area contributed by atoms with Crippen molar-refractivity contribution in [3.8, 4) is 0 Å². The van der Waals surface area contributed by atoms with Gasteiger partial charge < -0.3 is 5.11 Å². The van der Waals surface area contributed by atoms with Gasteiger partial charge in [-0.1, -0.05) is 30.3 Å². The summed E-state index contributed by atoms with van der Waals surface area (Å²) < 4.78 is 0. The first-order valence-electron chi connectivity index (χ1n) is 4.86. The number of rotatable bonds is 3. The summed E-state index contributed by atoms with van der Waals surface area (Å²) in [4.78, 5) is 0. The van der Waals surface area contributed by atoms with Crippen molar-refractivity contribution in [3.05, 3.63) is 59.9 Å². The van der Waals surface area contributed by atoms with Gasteiger partial charge in [-0.3, -0.25) is 0 Å². The van der Waals surface area contributed by atoms with Crippen molar-refractivity contribution in [1.29, 1.82) is 0 Å². The van der Waals surface area contributed by atoms with Gasteiger partial charge in [-0.2, -0.15) is 10.2 Å². The monoisotopic (exact) mass is 200 g/mol. The molecular formula is C12H12N2O. The van der Waals surface area contributed by atoms with Gasteiger partial charge in [0.15, 0.2) is 0 Å². The normalized spacial score (nSPS) is 12.3. The largest absolute Gasteiger partial charge is 0.388 e. The molecule has 1 aromatic carbocycles. The van der Waals surface area contributed by atoms with Gasteiger partial charge in [-0.25, -0.2) is 0 Å². The third-order valence-corrected chi connectivity index (χ3v) is 2.21. The number of aromatic nitrogens is 2. The Bertz CT molecular complexity index is 402. The zero-order chi connectivity index (χ0) is 10.5. The van der Waals surface area contributed by atoms with Gasteiger partial charge in [0.25, 0.3) is 0 Å². The summed E-state index contributed by atoms with van der Waals surface area (Å²) in [7, 11) is 0. The second kappa shape index (κ2) is 4.66. The standard InChI is InChI=1S/C12H12N2O/c15-12(10-5-2-1-3-6-10)9-11-7-4-8-13-14-11/h1-8,12,15H,9H2/t12-/m1/s1. The summed E-state index contributed by atoms with van der Waals surface area (Å²) in [6.45, 7) is 0. The van der Waals surface area contributed by atoms with Crippen LogP contribution in [0, 0.1) is 0 Å². The van der Waals surface area contributed by atoms with Crippen molar-refractivity contribution >= 4 is 0 Å². The SMILES string of the molecule is O[C@H](Cc1cccnn1)c1ccccc1. The first kappa shape index (κ1) is 9.80. The van der Waals surface area contributed by atoms with E-state index in [-0.39, 0.29) is 0 Å². The molecule has 1 N–H and O–H groups in total. The Labute approximate surface area is 88.4 Å². The molecule has 3 nitrogen and oxygen atoms in total. The first-order chi connectivity index (χ1) is 7.36. The van der Waals surface area contributed by atoms with Gasteiger partial charge in [-0.15, -0.1) is 0 Å². The lowest BCUT2D eigenvalue weighted by atomic mass is 10.1. The van der Waals surface area contributed by atoms with E-state index < -0.39 is 6.10 Å². The molecule has 0 aliphatic rings. The van der Waals surface area contributed by atoms with E-state index in [1.807, 2.05) is 42.5 Å². The summed E-state index contributed by atoms with van der Waals surface area (Å²) in [5.41, 5.74) is 1.71. The molecule has 0 bridgehead atoms. The average molecular weight is 200 g/mol. The molecule has 0 radical (unpaired) electrons. The fourth-order valence-electron chi connectivity index (χ4n) is 1.43. The molecular weight excluding hydrogens is 188 g/mol. The molecule has 0 aliphatic carbocycles. The second-order valence-corrected chi connectivity index (χ2v) is 3.35. The summed E-state index contributed by atoms with van der Waals surface area (Å²) in [5.74, 6) is 0. The highest BCUT2D eigenvalue weighted by Gasteiger charge is 2.08. The molecule has 0 amide bonds. The van der Waals surface area contributed by atoms with Crippen LogP contribution in [0.4, 0.5) is 0 Å². The Balaban J connectivity index is 2.08. The fraction of sp³-hybridized carbons (Fsp3) is 0.167. The molecule has 0 saturated carbocycles. The molecule has 2 aromatic rings. The van der Waals surface area contributed by atoms with Crippen molar-refractivity contribution in [2.75, 3.05) is 0 Å². The lowest BCUT2D eigenvalue weighted by Gasteiger charge is -2.09. The summed E-state index contributed by atoms with van der Waals surface area (Å²) in [6, 6.07) is 13.2. The van der Waals surface area contributed by atoms with E-state index in [9.17, 15) is 5.11 Å². The Morgan fingerprint density at radius 2 is 1.87 bits per heavy atom. The summed E-state index contributed by atoms with van der Waals surface area (Å²) in [5, 5.41) is 17.6. The van der Waals surface area contributed by atoms with Crippen LogP contribution in [0.25, 0.3) is 0 Å². The minimum absolute atomic E-state index is 0.498. The number of aliphatic hydroxyl groups excluding tert-OH is 1. The van der Waals surface area contributed by atoms with Crippen LogP contribution in [0.3, 0.4) is 0 Å². The molecule has 76 valence electrons. The third kappa shape index (κ3) is 2.60. The minimum Gasteiger partial charge on any atom is -0.388 e. The Morgan fingerprint density at radius 1 is 1.07 bits per heavy atom. The van der Waals surface area contributed by atoms with Gasteiger partial charge in [0.05, 0.1) is 11.8 Å². The van der Waals surface area contributed by atoms with Gasteiger partial charge in [0.1, 0.15) is 0 Å². The van der Waals surface area contributed by atoms with E-state index in [1.54, 1.807) is 6.20 Å². The molecule has 1 heterocycles. The van der Waals surface area contributed by atoms with Crippen LogP contribution < -0.4 is 0 Å². The van der Waals surface area contributed by atoms with E-state index in [4.69, 9.17) is 0 Å². The highest BCUT2D eigenvalue weighted by Crippen LogP contribution is 2.15. The van der Waals surface area contributed by atoms with Crippen LogP contribution in [0.15, 0.2) is 48.7 Å². The van der Waals surface area contributed by atoms with E-state index in [0.29, 0.717) is 6.42 Å². The van der Waals surface area contributed by atoms with Crippen LogP contribution in [0.1, 0.15) is 17.4 Å². The predicted molar refractivity (Wildman–Crippen MR) is 57.1 cm³/mol. The molecule has 0 unspecified atom stereocenters. The van der Waals surface area contributed by atoms with Crippen molar-refractivity contribution in [1.82, 2.24) is 10.2 Å². The maximum Gasteiger partial charge on any atom is 0.0846 e. The van der Waals surface area contributed by atoms with Gasteiger partial charge in [0, 0.05) is 12.6 Å². The maximum atomic E-state index is 9.91. The lowest BCUT2D eigenvalue weighted by Crippen LogP contribution is -2.03. The molecule has 1 atom stereocenters. The molecule has 0 fully saturated rings. The fourth-order valence-corrected chi connectivity index (χ4v) is 1.43. The number of hydrogen-bond donors (Lipinski definition) is 1. The highest BCUT2D eigenvalue weighted by molar-refractivity contribution is 5.19. The Hall–Kier alpha value is -1.74. The van der Waals surface area contributed by atoms with Crippen LogP contribution >= 0.6 is 0 Å². The zero-order valence-electron chi connectivity index (χ0n) is 8.24. The van der Waals surface area contributed by atoms with Crippen molar-refractivity contribution in [2.24, 2.45) is 0 Å². The Kier molecular flexibility index (Phi) is 3.05. The van der Waals surface area contributed by atoms with E-state index in [2.05, 4.69) is 10.2 Å². The smallest absolute Gasteiger partial charge is 0.0846 e. The Morgan fingerprint density at radius 3 is 2.53 bits per heavy atom. The second-order valence-electron chi connectivity index (χ2n) is 3.35. The predicted octanol–water partition coefficient (Wildman–Crippen LogP) is 1.75. The topological polar surface area (TPSA) is 46.0 Å². The maximum absolute atomic E-state index is 9.91. The summed E-state index contributed by atoms with van der Waals surface area (Å²) >= 11 is 0. The van der Waals surface area contributed by atoms with Crippen molar-refractivity contribution in [3.63, 3.8) is 0 Å². The third-order valence-electron chi connectivity index (χ3n) is 2.21. The quantitative estimate of drug-likeness (QED) is 0.821. The number of aliphatic hydroxyl groups is 1. The van der Waals surface area contributed by atoms with Gasteiger partial charge in [-0.05, 0) is 17.7 Å². The molecule has 15 heavy (non-hydrogen) atoms. The number of hydrogen-bond acceptors (Lipinski definition) is 3. The van der Waals surface area contributed by atoms with Crippen LogP contribution in [-0.2, 0) is 6.42 Å². The van der Waals surface area contributed by atoms with Crippen LogP contribution in [0.5, 0.6) is 0 Å². The molecule has 0 aliphatic heterocycles. The number of nitrogens with zero attached hydrogens (tertiary/aromatic N) is 2. The van der Waals surface area contributed by atoms with Crippen LogP contribution in [0.2, 0.25) is 0 Å². The molecule has 1 aromatic heterocycles. The minimum atomic E-state index is -0.511. The molecule has 0 spiro atoms. The first-order valence-corrected chi connectivity index (χ1v) is 4.86. The molecule has 3 heteroatoms. The van der Waals surface area contributed by atoms with Crippen LogP contribution in [-0.4, -0.2) is 15.3 Å². The molecule has 2 rings (SSSR count). The van der Waals surface area contributed by atoms with Gasteiger partial charge in [0.2, 0.25) is 0 Å². The zero-order valence-corrected chi connectivity index (χ0v) is 8.24. The van der Waals surface area contributed by atoms with E-state index >= 15 is 0 Å². The van der Waals surface area contributed by atoms with E-state index in [1.165, 1.54) is 0 Å². The van der Waals surface area contributed by atoms with Gasteiger partial charge >= 0.3 is 0 Å². The van der Waals surface area contributed by atoms with Crippen molar-refractivity contribution < 1.29 is 5.11 Å². The van der Waals surface area contributed by atoms with Crippen molar-refractivity contribution in [2.45, 2.75) is 12.5 Å². The molecule has 0 saturated heterocycles.